The van der Waals surface area contributed by atoms with E-state index >= 15 is 0 Å². The summed E-state index contributed by atoms with van der Waals surface area (Å²) in [6, 6.07) is 3.92. The lowest BCUT2D eigenvalue weighted by Gasteiger charge is -2.22. The summed E-state index contributed by atoms with van der Waals surface area (Å²) < 4.78 is 36.0. The van der Waals surface area contributed by atoms with Crippen LogP contribution in [0.2, 0.25) is 0 Å². The van der Waals surface area contributed by atoms with Gasteiger partial charge in [-0.25, -0.2) is 8.42 Å². The molecule has 1 aliphatic rings. The van der Waals surface area contributed by atoms with Crippen LogP contribution < -0.4 is 4.72 Å². The van der Waals surface area contributed by atoms with Crippen LogP contribution in [0.3, 0.4) is 0 Å². The molecule has 2 heterocycles. The first-order chi connectivity index (χ1) is 12.6. The van der Waals surface area contributed by atoms with Crippen molar-refractivity contribution < 1.29 is 13.2 Å². The van der Waals surface area contributed by atoms with Gasteiger partial charge in [0.1, 0.15) is 0 Å². The predicted octanol–water partition coefficient (Wildman–Crippen LogP) is 3.78. The van der Waals surface area contributed by atoms with Crippen LogP contribution in [-0.2, 0) is 26.7 Å². The molecule has 6 nitrogen and oxygen atoms in total. The Labute approximate surface area is 162 Å². The molecule has 1 aromatic carbocycles. The van der Waals surface area contributed by atoms with Crippen LogP contribution in [-0.4, -0.2) is 30.9 Å². The number of nitrogens with zero attached hydrogens (tertiary/aromatic N) is 2. The molecule has 1 aliphatic heterocycles. The maximum absolute atomic E-state index is 13.0. The van der Waals surface area contributed by atoms with E-state index in [0.29, 0.717) is 17.1 Å². The van der Waals surface area contributed by atoms with E-state index in [1.54, 1.807) is 17.1 Å². The minimum Gasteiger partial charge on any atom is -0.376 e. The molecule has 0 bridgehead atoms. The highest BCUT2D eigenvalue weighted by Gasteiger charge is 2.24. The van der Waals surface area contributed by atoms with Gasteiger partial charge in [-0.2, -0.15) is 5.10 Å². The predicted molar refractivity (Wildman–Crippen MR) is 107 cm³/mol. The van der Waals surface area contributed by atoms with Crippen molar-refractivity contribution in [3.05, 3.63) is 41.2 Å². The molecule has 7 heteroatoms. The molecule has 0 amide bonds. The lowest BCUT2D eigenvalue weighted by Crippen LogP contribution is -2.18. The normalized spacial score (nSPS) is 18.0. The van der Waals surface area contributed by atoms with Crippen molar-refractivity contribution in [2.24, 2.45) is 0 Å². The molecular formula is C20H29N3O3S. The molecule has 0 radical (unpaired) electrons. The zero-order valence-electron chi connectivity index (χ0n) is 16.7. The van der Waals surface area contributed by atoms with Crippen molar-refractivity contribution in [2.75, 3.05) is 11.3 Å². The number of sulfonamides is 1. The van der Waals surface area contributed by atoms with Gasteiger partial charge in [-0.1, -0.05) is 32.9 Å². The van der Waals surface area contributed by atoms with Gasteiger partial charge in [-0.3, -0.25) is 9.40 Å². The van der Waals surface area contributed by atoms with Gasteiger partial charge in [0.15, 0.2) is 0 Å². The summed E-state index contributed by atoms with van der Waals surface area (Å²) in [6.07, 6.45) is 5.49. The van der Waals surface area contributed by atoms with Gasteiger partial charge in [-0.05, 0) is 48.8 Å². The topological polar surface area (TPSA) is 73.2 Å². The third-order valence-corrected chi connectivity index (χ3v) is 6.58. The van der Waals surface area contributed by atoms with Crippen molar-refractivity contribution >= 4 is 15.7 Å². The SMILES string of the molecule is Cc1cc(C(C)(C)C)cc(C)c1S(=O)(=O)Nc1cnn(C[C@H]2CCCO2)c1. The van der Waals surface area contributed by atoms with Gasteiger partial charge in [0.25, 0.3) is 10.0 Å². The van der Waals surface area contributed by atoms with Gasteiger partial charge in [0.05, 0.1) is 29.4 Å². The molecule has 148 valence electrons. The largest absolute Gasteiger partial charge is 0.376 e. The molecule has 2 aromatic rings. The van der Waals surface area contributed by atoms with Crippen LogP contribution in [0, 0.1) is 13.8 Å². The van der Waals surface area contributed by atoms with Crippen molar-refractivity contribution in [1.29, 1.82) is 0 Å². The Morgan fingerprint density at radius 3 is 2.48 bits per heavy atom. The highest BCUT2D eigenvalue weighted by Crippen LogP contribution is 2.30. The minimum atomic E-state index is -3.69. The van der Waals surface area contributed by atoms with E-state index in [9.17, 15) is 8.42 Å². The first-order valence-corrected chi connectivity index (χ1v) is 10.8. The number of ether oxygens (including phenoxy) is 1. The fourth-order valence-electron chi connectivity index (χ4n) is 3.53. The average Bonchev–Trinajstić information content (AvgIpc) is 3.17. The maximum atomic E-state index is 13.0. The van der Waals surface area contributed by atoms with Gasteiger partial charge < -0.3 is 4.74 Å². The van der Waals surface area contributed by atoms with Crippen molar-refractivity contribution in [3.8, 4) is 0 Å². The molecule has 1 N–H and O–H groups in total. The lowest BCUT2D eigenvalue weighted by atomic mass is 9.85. The Bertz CT molecular complexity index is 897. The summed E-state index contributed by atoms with van der Waals surface area (Å²) in [5.74, 6) is 0. The number of aryl methyl sites for hydroxylation is 2. The highest BCUT2D eigenvalue weighted by atomic mass is 32.2. The Morgan fingerprint density at radius 2 is 1.93 bits per heavy atom. The number of rotatable bonds is 5. The molecule has 3 rings (SSSR count). The summed E-state index contributed by atoms with van der Waals surface area (Å²) in [5.41, 5.74) is 3.06. The van der Waals surface area contributed by atoms with Gasteiger partial charge >= 0.3 is 0 Å². The summed E-state index contributed by atoms with van der Waals surface area (Å²) >= 11 is 0. The van der Waals surface area contributed by atoms with E-state index in [1.165, 1.54) is 0 Å². The summed E-state index contributed by atoms with van der Waals surface area (Å²) in [4.78, 5) is 0.336. The molecule has 0 aliphatic carbocycles. The monoisotopic (exact) mass is 391 g/mol. The molecule has 0 unspecified atom stereocenters. The third kappa shape index (κ3) is 4.52. The minimum absolute atomic E-state index is 0.0330. The molecular weight excluding hydrogens is 362 g/mol. The second kappa shape index (κ2) is 7.28. The molecule has 1 aromatic heterocycles. The maximum Gasteiger partial charge on any atom is 0.262 e. The van der Waals surface area contributed by atoms with Crippen LogP contribution in [0.15, 0.2) is 29.4 Å². The fraction of sp³-hybridized carbons (Fsp3) is 0.550. The summed E-state index contributed by atoms with van der Waals surface area (Å²) in [6.45, 7) is 11.5. The van der Waals surface area contributed by atoms with Crippen LogP contribution in [0.5, 0.6) is 0 Å². The smallest absolute Gasteiger partial charge is 0.262 e. The van der Waals surface area contributed by atoms with E-state index in [2.05, 4.69) is 30.6 Å². The molecule has 1 atom stereocenters. The van der Waals surface area contributed by atoms with Crippen molar-refractivity contribution in [2.45, 2.75) is 70.4 Å². The van der Waals surface area contributed by atoms with E-state index in [1.807, 2.05) is 26.0 Å². The molecule has 1 fully saturated rings. The Balaban J connectivity index is 1.82. The number of hydrogen-bond acceptors (Lipinski definition) is 4. The number of nitrogens with one attached hydrogen (secondary N) is 1. The third-order valence-electron chi connectivity index (χ3n) is 4.90. The first kappa shape index (κ1) is 19.9. The quantitative estimate of drug-likeness (QED) is 0.842. The zero-order chi connectivity index (χ0) is 19.8. The average molecular weight is 392 g/mol. The van der Waals surface area contributed by atoms with Crippen LogP contribution >= 0.6 is 0 Å². The molecule has 1 saturated heterocycles. The first-order valence-electron chi connectivity index (χ1n) is 9.35. The summed E-state index contributed by atoms with van der Waals surface area (Å²) in [7, 11) is -3.69. The zero-order valence-corrected chi connectivity index (χ0v) is 17.6. The van der Waals surface area contributed by atoms with Crippen LogP contribution in [0.4, 0.5) is 5.69 Å². The highest BCUT2D eigenvalue weighted by molar-refractivity contribution is 7.92. The van der Waals surface area contributed by atoms with Crippen molar-refractivity contribution in [3.63, 3.8) is 0 Å². The van der Waals surface area contributed by atoms with Gasteiger partial charge in [0, 0.05) is 12.8 Å². The second-order valence-corrected chi connectivity index (χ2v) is 10.00. The van der Waals surface area contributed by atoms with Crippen LogP contribution in [0.1, 0.15) is 50.3 Å². The fourth-order valence-corrected chi connectivity index (χ4v) is 5.01. The summed E-state index contributed by atoms with van der Waals surface area (Å²) in [5, 5.41) is 4.26. The molecule has 0 saturated carbocycles. The number of hydrogen-bond donors (Lipinski definition) is 1. The molecule has 0 spiro atoms. The Hall–Kier alpha value is -1.86. The Kier molecular flexibility index (Phi) is 5.36. The van der Waals surface area contributed by atoms with Gasteiger partial charge in [-0.15, -0.1) is 0 Å². The van der Waals surface area contributed by atoms with E-state index < -0.39 is 10.0 Å². The Morgan fingerprint density at radius 1 is 1.26 bits per heavy atom. The van der Waals surface area contributed by atoms with E-state index in [-0.39, 0.29) is 11.5 Å². The second-order valence-electron chi connectivity index (χ2n) is 8.38. The van der Waals surface area contributed by atoms with Crippen LogP contribution in [0.25, 0.3) is 0 Å². The van der Waals surface area contributed by atoms with Gasteiger partial charge in [0.2, 0.25) is 0 Å². The number of aromatic nitrogens is 2. The standard InChI is InChI=1S/C20H29N3O3S/c1-14-9-16(20(3,4)5)10-15(2)19(14)27(24,25)22-17-11-21-23(12-17)13-18-7-6-8-26-18/h9-12,18,22H,6-8,13H2,1-5H3/t18-/m1/s1. The van der Waals surface area contributed by atoms with E-state index in [4.69, 9.17) is 4.74 Å². The molecule has 27 heavy (non-hydrogen) atoms. The van der Waals surface area contributed by atoms with E-state index in [0.717, 1.165) is 36.1 Å². The number of benzene rings is 1. The number of anilines is 1. The van der Waals surface area contributed by atoms with Crippen molar-refractivity contribution in [1.82, 2.24) is 9.78 Å². The lowest BCUT2D eigenvalue weighted by molar-refractivity contribution is 0.0940.